The highest BCUT2D eigenvalue weighted by molar-refractivity contribution is 8.00. The molecule has 2 N–H and O–H groups in total. The monoisotopic (exact) mass is 327 g/mol. The van der Waals surface area contributed by atoms with E-state index in [2.05, 4.69) is 15.5 Å². The number of hydrogen-bond donors (Lipinski definition) is 2. The highest BCUT2D eigenvalue weighted by Gasteiger charge is 2.33. The summed E-state index contributed by atoms with van der Waals surface area (Å²) in [5, 5.41) is 9.08. The van der Waals surface area contributed by atoms with E-state index in [0.717, 1.165) is 23.4 Å². The Hall–Kier alpha value is -1.96. The number of hydrogen-bond acceptors (Lipinski definition) is 3. The minimum atomic E-state index is -4.40. The number of thioether (sulfide) groups is 1. The SMILES string of the molecule is Cc1[nH]nc2c1[C@H](c1cccc(C(F)(F)F)c1)SCC(=O)N2. The molecule has 0 bridgehead atoms. The molecule has 1 atom stereocenters. The summed E-state index contributed by atoms with van der Waals surface area (Å²) in [7, 11) is 0. The van der Waals surface area contributed by atoms with Gasteiger partial charge in [-0.25, -0.2) is 0 Å². The van der Waals surface area contributed by atoms with Crippen LogP contribution in [0.1, 0.15) is 27.6 Å². The Bertz CT molecular complexity index is 726. The molecule has 8 heteroatoms. The molecular weight excluding hydrogens is 315 g/mol. The molecule has 0 aliphatic carbocycles. The van der Waals surface area contributed by atoms with Gasteiger partial charge in [0.1, 0.15) is 0 Å². The normalized spacial score (nSPS) is 18.5. The molecule has 0 spiro atoms. The number of aromatic amines is 1. The first-order chi connectivity index (χ1) is 10.4. The van der Waals surface area contributed by atoms with Gasteiger partial charge in [0, 0.05) is 11.3 Å². The van der Waals surface area contributed by atoms with E-state index in [-0.39, 0.29) is 16.9 Å². The summed E-state index contributed by atoms with van der Waals surface area (Å²) in [5.41, 5.74) is 1.25. The van der Waals surface area contributed by atoms with Crippen molar-refractivity contribution in [2.24, 2.45) is 0 Å². The maximum atomic E-state index is 12.9. The first kappa shape index (κ1) is 15.0. The second-order valence-electron chi connectivity index (χ2n) is 4.97. The molecule has 1 aromatic carbocycles. The number of nitrogens with one attached hydrogen (secondary N) is 2. The first-order valence-corrected chi connectivity index (χ1v) is 7.54. The Balaban J connectivity index is 2.08. The van der Waals surface area contributed by atoms with E-state index in [9.17, 15) is 18.0 Å². The van der Waals surface area contributed by atoms with Crippen molar-refractivity contribution in [3.8, 4) is 0 Å². The van der Waals surface area contributed by atoms with Gasteiger partial charge in [-0.3, -0.25) is 9.89 Å². The molecule has 1 aromatic heterocycles. The van der Waals surface area contributed by atoms with E-state index in [0.29, 0.717) is 11.4 Å². The topological polar surface area (TPSA) is 57.8 Å². The number of aromatic nitrogens is 2. The molecule has 4 nitrogen and oxygen atoms in total. The lowest BCUT2D eigenvalue weighted by atomic mass is 10.0. The molecule has 0 saturated carbocycles. The average molecular weight is 327 g/mol. The van der Waals surface area contributed by atoms with Crippen molar-refractivity contribution in [1.29, 1.82) is 0 Å². The van der Waals surface area contributed by atoms with Gasteiger partial charge in [-0.2, -0.15) is 18.3 Å². The minimum absolute atomic E-state index is 0.163. The van der Waals surface area contributed by atoms with Crippen molar-refractivity contribution in [3.05, 3.63) is 46.6 Å². The fraction of sp³-hybridized carbons (Fsp3) is 0.286. The number of rotatable bonds is 1. The number of fused-ring (bicyclic) bond motifs is 1. The van der Waals surface area contributed by atoms with Crippen LogP contribution >= 0.6 is 11.8 Å². The minimum Gasteiger partial charge on any atom is -0.308 e. The van der Waals surface area contributed by atoms with Gasteiger partial charge in [-0.15, -0.1) is 11.8 Å². The van der Waals surface area contributed by atoms with E-state index in [4.69, 9.17) is 0 Å². The van der Waals surface area contributed by atoms with Crippen LogP contribution in [0.5, 0.6) is 0 Å². The molecule has 0 unspecified atom stereocenters. The number of carbonyl (C=O) groups is 1. The Kier molecular flexibility index (Phi) is 3.64. The fourth-order valence-electron chi connectivity index (χ4n) is 2.41. The van der Waals surface area contributed by atoms with E-state index in [1.54, 1.807) is 13.0 Å². The van der Waals surface area contributed by atoms with Gasteiger partial charge in [0.25, 0.3) is 0 Å². The summed E-state index contributed by atoms with van der Waals surface area (Å²) in [6, 6.07) is 5.19. The van der Waals surface area contributed by atoms with Gasteiger partial charge in [-0.1, -0.05) is 18.2 Å². The van der Waals surface area contributed by atoms with Crippen LogP contribution in [-0.2, 0) is 11.0 Å². The second kappa shape index (κ2) is 5.35. The van der Waals surface area contributed by atoms with Crippen molar-refractivity contribution in [2.45, 2.75) is 18.3 Å². The first-order valence-electron chi connectivity index (χ1n) is 6.49. The number of nitrogens with zero attached hydrogens (tertiary/aromatic N) is 1. The quantitative estimate of drug-likeness (QED) is 0.843. The zero-order valence-electron chi connectivity index (χ0n) is 11.5. The number of H-pyrrole nitrogens is 1. The van der Waals surface area contributed by atoms with Gasteiger partial charge in [0.05, 0.1) is 16.6 Å². The van der Waals surface area contributed by atoms with Crippen molar-refractivity contribution in [1.82, 2.24) is 10.2 Å². The number of aryl methyl sites for hydroxylation is 1. The average Bonchev–Trinajstić information content (AvgIpc) is 2.71. The predicted molar refractivity (Wildman–Crippen MR) is 77.7 cm³/mol. The van der Waals surface area contributed by atoms with E-state index < -0.39 is 11.7 Å². The maximum absolute atomic E-state index is 12.9. The van der Waals surface area contributed by atoms with Gasteiger partial charge >= 0.3 is 6.18 Å². The Morgan fingerprint density at radius 2 is 2.14 bits per heavy atom. The third-order valence-corrected chi connectivity index (χ3v) is 4.68. The second-order valence-corrected chi connectivity index (χ2v) is 6.07. The molecule has 116 valence electrons. The third-order valence-electron chi connectivity index (χ3n) is 3.41. The summed E-state index contributed by atoms with van der Waals surface area (Å²) in [4.78, 5) is 11.7. The number of alkyl halides is 3. The van der Waals surface area contributed by atoms with Gasteiger partial charge in [-0.05, 0) is 18.6 Å². The lowest BCUT2D eigenvalue weighted by Crippen LogP contribution is -2.12. The highest BCUT2D eigenvalue weighted by Crippen LogP contribution is 2.43. The van der Waals surface area contributed by atoms with Crippen LogP contribution in [0.3, 0.4) is 0 Å². The zero-order chi connectivity index (χ0) is 15.9. The van der Waals surface area contributed by atoms with Gasteiger partial charge < -0.3 is 5.32 Å². The molecule has 1 aliphatic rings. The van der Waals surface area contributed by atoms with Gasteiger partial charge in [0.15, 0.2) is 5.82 Å². The highest BCUT2D eigenvalue weighted by atomic mass is 32.2. The zero-order valence-corrected chi connectivity index (χ0v) is 12.3. The van der Waals surface area contributed by atoms with Crippen LogP contribution in [0.15, 0.2) is 24.3 Å². The lowest BCUT2D eigenvalue weighted by molar-refractivity contribution is -0.137. The molecule has 0 saturated heterocycles. The standard InChI is InChI=1S/C14H12F3N3OS/c1-7-11-12(22-6-10(21)18-13(11)20-19-7)8-3-2-4-9(5-8)14(15,16)17/h2-5,12H,6H2,1H3,(H2,18,19,20,21)/t12-/m0/s1. The van der Waals surface area contributed by atoms with Crippen molar-refractivity contribution >= 4 is 23.5 Å². The molecule has 0 radical (unpaired) electrons. The summed E-state index contributed by atoms with van der Waals surface area (Å²) >= 11 is 1.29. The third kappa shape index (κ3) is 2.70. The smallest absolute Gasteiger partial charge is 0.308 e. The summed E-state index contributed by atoms with van der Waals surface area (Å²) < 4.78 is 38.7. The molecule has 0 fully saturated rings. The van der Waals surface area contributed by atoms with Crippen LogP contribution < -0.4 is 5.32 Å². The summed E-state index contributed by atoms with van der Waals surface area (Å²) in [6.45, 7) is 1.78. The lowest BCUT2D eigenvalue weighted by Gasteiger charge is -2.17. The number of amides is 1. The Morgan fingerprint density at radius 3 is 2.86 bits per heavy atom. The molecular formula is C14H12F3N3OS. The van der Waals surface area contributed by atoms with E-state index >= 15 is 0 Å². The number of carbonyl (C=O) groups excluding carboxylic acids is 1. The molecule has 2 aromatic rings. The molecule has 1 aliphatic heterocycles. The van der Waals surface area contributed by atoms with Crippen LogP contribution in [0.2, 0.25) is 0 Å². The van der Waals surface area contributed by atoms with Crippen molar-refractivity contribution in [3.63, 3.8) is 0 Å². The fourth-order valence-corrected chi connectivity index (χ4v) is 3.59. The number of halogens is 3. The summed E-state index contributed by atoms with van der Waals surface area (Å²) in [5.74, 6) is 0.332. The maximum Gasteiger partial charge on any atom is 0.416 e. The van der Waals surface area contributed by atoms with E-state index in [1.165, 1.54) is 17.8 Å². The summed E-state index contributed by atoms with van der Waals surface area (Å²) in [6.07, 6.45) is -4.40. The molecule has 22 heavy (non-hydrogen) atoms. The van der Waals surface area contributed by atoms with Crippen LogP contribution in [-0.4, -0.2) is 21.9 Å². The molecule has 1 amide bonds. The largest absolute Gasteiger partial charge is 0.416 e. The van der Waals surface area contributed by atoms with Crippen LogP contribution in [0, 0.1) is 6.92 Å². The molecule has 3 rings (SSSR count). The van der Waals surface area contributed by atoms with Crippen LogP contribution in [0.4, 0.5) is 19.0 Å². The van der Waals surface area contributed by atoms with Gasteiger partial charge in [0.2, 0.25) is 5.91 Å². The van der Waals surface area contributed by atoms with Crippen molar-refractivity contribution in [2.75, 3.05) is 11.1 Å². The van der Waals surface area contributed by atoms with Crippen molar-refractivity contribution < 1.29 is 18.0 Å². The number of benzene rings is 1. The Labute approximate surface area is 128 Å². The van der Waals surface area contributed by atoms with E-state index in [1.807, 2.05) is 0 Å². The Morgan fingerprint density at radius 1 is 1.36 bits per heavy atom. The van der Waals surface area contributed by atoms with Crippen LogP contribution in [0.25, 0.3) is 0 Å². The number of anilines is 1. The molecule has 2 heterocycles. The predicted octanol–water partition coefficient (Wildman–Crippen LogP) is 3.51.